The van der Waals surface area contributed by atoms with Crippen LogP contribution in [0.3, 0.4) is 0 Å². The van der Waals surface area contributed by atoms with Crippen molar-refractivity contribution in [3.8, 4) is 11.1 Å². The summed E-state index contributed by atoms with van der Waals surface area (Å²) in [5, 5.41) is 0. The molecule has 2 nitrogen and oxygen atoms in total. The molecular weight excluding hydrogens is 428 g/mol. The largest absolute Gasteiger partial charge is 0.454 e. The van der Waals surface area contributed by atoms with Gasteiger partial charge in [-0.15, -0.1) is 0 Å². The Bertz CT molecular complexity index is 1000. The van der Waals surface area contributed by atoms with Crippen molar-refractivity contribution in [3.63, 3.8) is 0 Å². The molecule has 1 atom stereocenters. The highest BCUT2D eigenvalue weighted by molar-refractivity contribution is 5.90. The Morgan fingerprint density at radius 1 is 0.629 bits per heavy atom. The number of esters is 1. The maximum Gasteiger partial charge on any atom is 0.338 e. The summed E-state index contributed by atoms with van der Waals surface area (Å²) >= 11 is 0. The van der Waals surface area contributed by atoms with E-state index in [0.717, 1.165) is 36.8 Å². The maximum absolute atomic E-state index is 12.8. The van der Waals surface area contributed by atoms with Crippen LogP contribution < -0.4 is 0 Å². The van der Waals surface area contributed by atoms with Gasteiger partial charge in [0.1, 0.15) is 6.10 Å². The summed E-state index contributed by atoms with van der Waals surface area (Å²) in [5.41, 5.74) is 6.66. The predicted molar refractivity (Wildman–Crippen MR) is 148 cm³/mol. The van der Waals surface area contributed by atoms with Crippen LogP contribution in [-0.2, 0) is 17.6 Å². The smallest absolute Gasteiger partial charge is 0.338 e. The number of carbonyl (C=O) groups excluding carboxylic acids is 1. The molecule has 0 aliphatic heterocycles. The van der Waals surface area contributed by atoms with Gasteiger partial charge < -0.3 is 4.74 Å². The molecular formula is C33H42O2. The highest BCUT2D eigenvalue weighted by Crippen LogP contribution is 2.25. The van der Waals surface area contributed by atoms with E-state index in [1.165, 1.54) is 55.2 Å². The van der Waals surface area contributed by atoms with Gasteiger partial charge in [-0.05, 0) is 65.6 Å². The van der Waals surface area contributed by atoms with E-state index in [9.17, 15) is 4.79 Å². The van der Waals surface area contributed by atoms with Crippen LogP contribution >= 0.6 is 0 Å². The molecule has 2 heteroatoms. The summed E-state index contributed by atoms with van der Waals surface area (Å²) in [6.07, 6.45) is 11.8. The number of rotatable bonds is 14. The van der Waals surface area contributed by atoms with Crippen LogP contribution in [0.2, 0.25) is 0 Å². The standard InChI is InChI=1S/C33H42O2/c1-4-7-8-9-10-11-13-27-14-18-28(19-15-27)29-22-24-31(25-23-29)33(34)35-32(6-3)30-20-16-26(12-5-2)17-21-30/h14-25,32H,4-13H2,1-3H3. The number of ether oxygens (including phenoxy) is 1. The number of carbonyl (C=O) groups is 1. The molecule has 0 saturated carbocycles. The van der Waals surface area contributed by atoms with Crippen LogP contribution in [-0.4, -0.2) is 5.97 Å². The normalized spacial score (nSPS) is 11.9. The number of hydrogen-bond acceptors (Lipinski definition) is 2. The number of unbranched alkanes of at least 4 members (excludes halogenated alkanes) is 5. The van der Waals surface area contributed by atoms with E-state index in [1.807, 2.05) is 24.3 Å². The molecule has 1 unspecified atom stereocenters. The third kappa shape index (κ3) is 8.38. The maximum atomic E-state index is 12.8. The molecule has 0 aliphatic carbocycles. The first kappa shape index (κ1) is 26.7. The molecule has 0 saturated heterocycles. The van der Waals surface area contributed by atoms with Gasteiger partial charge in [0.15, 0.2) is 0 Å². The van der Waals surface area contributed by atoms with E-state index >= 15 is 0 Å². The molecule has 35 heavy (non-hydrogen) atoms. The first-order valence-corrected chi connectivity index (χ1v) is 13.6. The molecule has 0 spiro atoms. The van der Waals surface area contributed by atoms with E-state index in [0.29, 0.717) is 5.56 Å². The minimum Gasteiger partial charge on any atom is -0.454 e. The molecule has 0 bridgehead atoms. The molecule has 3 aromatic carbocycles. The third-order valence-electron chi connectivity index (χ3n) is 6.74. The van der Waals surface area contributed by atoms with Gasteiger partial charge in [-0.3, -0.25) is 0 Å². The minimum atomic E-state index is -0.268. The van der Waals surface area contributed by atoms with Crippen molar-refractivity contribution in [2.24, 2.45) is 0 Å². The van der Waals surface area contributed by atoms with Crippen molar-refractivity contribution < 1.29 is 9.53 Å². The Morgan fingerprint density at radius 3 is 1.77 bits per heavy atom. The second-order valence-corrected chi connectivity index (χ2v) is 9.59. The van der Waals surface area contributed by atoms with Crippen LogP contribution in [0, 0.1) is 0 Å². The van der Waals surface area contributed by atoms with Crippen molar-refractivity contribution in [1.82, 2.24) is 0 Å². The Hall–Kier alpha value is -2.87. The first-order valence-electron chi connectivity index (χ1n) is 13.6. The van der Waals surface area contributed by atoms with Gasteiger partial charge in [0.05, 0.1) is 5.56 Å². The molecule has 0 fully saturated rings. The minimum absolute atomic E-state index is 0.225. The molecule has 3 rings (SSSR count). The highest BCUT2D eigenvalue weighted by atomic mass is 16.5. The van der Waals surface area contributed by atoms with Gasteiger partial charge >= 0.3 is 5.97 Å². The van der Waals surface area contributed by atoms with Gasteiger partial charge in [0.25, 0.3) is 0 Å². The van der Waals surface area contributed by atoms with Crippen LogP contribution in [0.4, 0.5) is 0 Å². The van der Waals surface area contributed by atoms with Crippen molar-refractivity contribution in [3.05, 3.63) is 95.1 Å². The van der Waals surface area contributed by atoms with Crippen LogP contribution in [0.1, 0.15) is 105 Å². The molecule has 186 valence electrons. The quantitative estimate of drug-likeness (QED) is 0.173. The van der Waals surface area contributed by atoms with E-state index in [4.69, 9.17) is 4.74 Å². The average Bonchev–Trinajstić information content (AvgIpc) is 2.90. The second kappa shape index (κ2) is 14.5. The molecule has 0 aliphatic rings. The Balaban J connectivity index is 1.54. The van der Waals surface area contributed by atoms with Crippen LogP contribution in [0.25, 0.3) is 11.1 Å². The average molecular weight is 471 g/mol. The zero-order valence-electron chi connectivity index (χ0n) is 21.9. The van der Waals surface area contributed by atoms with E-state index in [-0.39, 0.29) is 12.1 Å². The van der Waals surface area contributed by atoms with Gasteiger partial charge in [-0.1, -0.05) is 120 Å². The Kier molecular flexibility index (Phi) is 11.1. The third-order valence-corrected chi connectivity index (χ3v) is 6.74. The molecule has 0 heterocycles. The predicted octanol–water partition coefficient (Wildman–Crippen LogP) is 9.52. The van der Waals surface area contributed by atoms with Gasteiger partial charge in [0, 0.05) is 0 Å². The number of aryl methyl sites for hydroxylation is 2. The fraction of sp³-hybridized carbons (Fsp3) is 0.424. The number of benzene rings is 3. The fourth-order valence-corrected chi connectivity index (χ4v) is 4.54. The summed E-state index contributed by atoms with van der Waals surface area (Å²) in [4.78, 5) is 12.8. The van der Waals surface area contributed by atoms with Gasteiger partial charge in [0.2, 0.25) is 0 Å². The second-order valence-electron chi connectivity index (χ2n) is 9.59. The Labute approximate surface area is 212 Å². The molecule has 3 aromatic rings. The lowest BCUT2D eigenvalue weighted by Gasteiger charge is -2.17. The summed E-state index contributed by atoms with van der Waals surface area (Å²) in [5.74, 6) is -0.268. The van der Waals surface area contributed by atoms with Crippen LogP contribution in [0.5, 0.6) is 0 Å². The summed E-state index contributed by atoms with van der Waals surface area (Å²) < 4.78 is 5.86. The lowest BCUT2D eigenvalue weighted by Crippen LogP contribution is -2.11. The lowest BCUT2D eigenvalue weighted by molar-refractivity contribution is 0.0288. The van der Waals surface area contributed by atoms with Crippen LogP contribution in [0.15, 0.2) is 72.8 Å². The van der Waals surface area contributed by atoms with Gasteiger partial charge in [-0.2, -0.15) is 0 Å². The Morgan fingerprint density at radius 2 is 1.17 bits per heavy atom. The van der Waals surface area contributed by atoms with Crippen molar-refractivity contribution in [2.45, 2.75) is 91.1 Å². The SMILES string of the molecule is CCCCCCCCc1ccc(-c2ccc(C(=O)OC(CC)c3ccc(CCC)cc3)cc2)cc1. The van der Waals surface area contributed by atoms with Crippen molar-refractivity contribution in [1.29, 1.82) is 0 Å². The van der Waals surface area contributed by atoms with E-state index in [1.54, 1.807) is 0 Å². The number of hydrogen-bond donors (Lipinski definition) is 0. The summed E-state index contributed by atoms with van der Waals surface area (Å²) in [7, 11) is 0. The van der Waals surface area contributed by atoms with Crippen molar-refractivity contribution in [2.75, 3.05) is 0 Å². The summed E-state index contributed by atoms with van der Waals surface area (Å²) in [6, 6.07) is 25.1. The topological polar surface area (TPSA) is 26.3 Å². The van der Waals surface area contributed by atoms with Crippen molar-refractivity contribution >= 4 is 5.97 Å². The van der Waals surface area contributed by atoms with E-state index in [2.05, 4.69) is 69.3 Å². The molecule has 0 aromatic heterocycles. The van der Waals surface area contributed by atoms with E-state index < -0.39 is 0 Å². The first-order chi connectivity index (χ1) is 17.1. The zero-order valence-corrected chi connectivity index (χ0v) is 21.9. The summed E-state index contributed by atoms with van der Waals surface area (Å²) in [6.45, 7) is 6.50. The molecule has 0 amide bonds. The monoisotopic (exact) mass is 470 g/mol. The zero-order chi connectivity index (χ0) is 24.9. The molecule has 0 radical (unpaired) electrons. The lowest BCUT2D eigenvalue weighted by atomic mass is 10.00. The molecule has 0 N–H and O–H groups in total. The highest BCUT2D eigenvalue weighted by Gasteiger charge is 2.16. The van der Waals surface area contributed by atoms with Gasteiger partial charge in [-0.25, -0.2) is 4.79 Å². The fourth-order valence-electron chi connectivity index (χ4n) is 4.54.